The molecule has 1 saturated heterocycles. The van der Waals surface area contributed by atoms with Gasteiger partial charge in [-0.15, -0.1) is 10.2 Å². The molecule has 0 radical (unpaired) electrons. The van der Waals surface area contributed by atoms with Gasteiger partial charge in [-0.05, 0) is 24.5 Å². The van der Waals surface area contributed by atoms with Gasteiger partial charge < -0.3 is 9.32 Å². The van der Waals surface area contributed by atoms with Crippen molar-refractivity contribution in [3.8, 4) is 11.5 Å². The topological polar surface area (TPSA) is 59.2 Å². The Morgan fingerprint density at radius 2 is 2.09 bits per heavy atom. The first-order valence-electron chi connectivity index (χ1n) is 7.80. The fraction of sp³-hybridized carbons (Fsp3) is 0.471. The average molecular weight is 299 g/mol. The summed E-state index contributed by atoms with van der Waals surface area (Å²) in [4.78, 5) is 14.0. The van der Waals surface area contributed by atoms with Gasteiger partial charge in [0.2, 0.25) is 17.7 Å². The molecule has 116 valence electrons. The molecule has 1 fully saturated rings. The van der Waals surface area contributed by atoms with Crippen LogP contribution in [0.25, 0.3) is 11.5 Å². The Balaban J connectivity index is 1.61. The summed E-state index contributed by atoms with van der Waals surface area (Å²) in [6, 6.07) is 9.77. The second kappa shape index (κ2) is 6.30. The number of amides is 1. The number of nitrogens with zero attached hydrogens (tertiary/aromatic N) is 3. The first-order chi connectivity index (χ1) is 10.6. The molecular formula is C17H21N3O2. The molecule has 2 aromatic rings. The molecule has 0 spiro atoms. The molecule has 0 bridgehead atoms. The second-order valence-electron chi connectivity index (χ2n) is 6.16. The lowest BCUT2D eigenvalue weighted by Gasteiger charge is -2.18. The predicted molar refractivity (Wildman–Crippen MR) is 83.0 cm³/mol. The zero-order valence-electron chi connectivity index (χ0n) is 13.0. The summed E-state index contributed by atoms with van der Waals surface area (Å²) in [6.45, 7) is 5.51. The van der Waals surface area contributed by atoms with Gasteiger partial charge in [0.25, 0.3) is 0 Å². The van der Waals surface area contributed by atoms with Crippen LogP contribution in [-0.2, 0) is 11.2 Å². The van der Waals surface area contributed by atoms with E-state index in [1.54, 1.807) is 0 Å². The van der Waals surface area contributed by atoms with E-state index < -0.39 is 0 Å². The molecule has 2 heterocycles. The molecule has 1 amide bonds. The highest BCUT2D eigenvalue weighted by Crippen LogP contribution is 2.23. The van der Waals surface area contributed by atoms with E-state index in [-0.39, 0.29) is 11.8 Å². The molecule has 3 rings (SSSR count). The molecule has 0 aliphatic carbocycles. The lowest BCUT2D eigenvalue weighted by atomic mass is 10.1. The summed E-state index contributed by atoms with van der Waals surface area (Å²) in [7, 11) is 0. The molecular weight excluding hydrogens is 278 g/mol. The van der Waals surface area contributed by atoms with Crippen LogP contribution in [0, 0.1) is 11.8 Å². The van der Waals surface area contributed by atoms with Crippen LogP contribution in [0.3, 0.4) is 0 Å². The Morgan fingerprint density at radius 1 is 1.32 bits per heavy atom. The molecule has 0 N–H and O–H groups in total. The Hall–Kier alpha value is -2.17. The van der Waals surface area contributed by atoms with Crippen molar-refractivity contribution in [3.05, 3.63) is 36.2 Å². The third-order valence-electron chi connectivity index (χ3n) is 4.04. The van der Waals surface area contributed by atoms with E-state index in [0.29, 0.717) is 17.7 Å². The Bertz CT molecular complexity index is 636. The van der Waals surface area contributed by atoms with Crippen molar-refractivity contribution < 1.29 is 9.21 Å². The van der Waals surface area contributed by atoms with Gasteiger partial charge in [0, 0.05) is 31.0 Å². The van der Waals surface area contributed by atoms with Crippen LogP contribution >= 0.6 is 0 Å². The molecule has 22 heavy (non-hydrogen) atoms. The van der Waals surface area contributed by atoms with Gasteiger partial charge in [0.15, 0.2) is 0 Å². The fourth-order valence-electron chi connectivity index (χ4n) is 2.85. The van der Waals surface area contributed by atoms with E-state index in [9.17, 15) is 4.79 Å². The van der Waals surface area contributed by atoms with Crippen molar-refractivity contribution >= 4 is 5.91 Å². The molecule has 1 aromatic carbocycles. The Kier molecular flexibility index (Phi) is 4.22. The predicted octanol–water partition coefficient (Wildman–Crippen LogP) is 2.78. The highest BCUT2D eigenvalue weighted by Gasteiger charge is 2.28. The van der Waals surface area contributed by atoms with Crippen LogP contribution < -0.4 is 0 Å². The van der Waals surface area contributed by atoms with E-state index >= 15 is 0 Å². The van der Waals surface area contributed by atoms with Crippen LogP contribution in [0.4, 0.5) is 0 Å². The van der Waals surface area contributed by atoms with Crippen LogP contribution in [0.15, 0.2) is 34.7 Å². The number of carbonyl (C=O) groups is 1. The summed E-state index contributed by atoms with van der Waals surface area (Å²) in [5.74, 6) is 1.92. The van der Waals surface area contributed by atoms with E-state index in [2.05, 4.69) is 10.2 Å². The second-order valence-corrected chi connectivity index (χ2v) is 6.16. The lowest BCUT2D eigenvalue weighted by molar-refractivity contribution is -0.133. The quantitative estimate of drug-likeness (QED) is 0.871. The maximum atomic E-state index is 12.0. The number of hydrogen-bond donors (Lipinski definition) is 0. The van der Waals surface area contributed by atoms with E-state index in [0.717, 1.165) is 31.5 Å². The van der Waals surface area contributed by atoms with Crippen molar-refractivity contribution in [1.82, 2.24) is 15.1 Å². The monoisotopic (exact) mass is 299 g/mol. The van der Waals surface area contributed by atoms with Crippen LogP contribution in [-0.4, -0.2) is 34.1 Å². The number of benzene rings is 1. The molecule has 5 heteroatoms. The first kappa shape index (κ1) is 14.8. The minimum absolute atomic E-state index is 0.0619. The Morgan fingerprint density at radius 3 is 2.82 bits per heavy atom. The standard InChI is InChI=1S/C17H21N3O2/c1-12(2)17(21)20-9-8-13(11-20)10-15-18-19-16(22-15)14-6-4-3-5-7-14/h3-7,12-13H,8-11H2,1-2H3. The van der Waals surface area contributed by atoms with E-state index in [1.165, 1.54) is 0 Å². The maximum Gasteiger partial charge on any atom is 0.247 e. The van der Waals surface area contributed by atoms with E-state index in [1.807, 2.05) is 49.1 Å². The summed E-state index contributed by atoms with van der Waals surface area (Å²) in [6.07, 6.45) is 1.74. The molecule has 1 aliphatic rings. The smallest absolute Gasteiger partial charge is 0.247 e. The SMILES string of the molecule is CC(C)C(=O)N1CCC(Cc2nnc(-c3ccccc3)o2)C1. The van der Waals surface area contributed by atoms with Gasteiger partial charge in [-0.2, -0.15) is 0 Å². The molecule has 1 aromatic heterocycles. The highest BCUT2D eigenvalue weighted by atomic mass is 16.4. The zero-order valence-corrected chi connectivity index (χ0v) is 13.0. The fourth-order valence-corrected chi connectivity index (χ4v) is 2.85. The third kappa shape index (κ3) is 3.18. The van der Waals surface area contributed by atoms with Crippen molar-refractivity contribution in [2.75, 3.05) is 13.1 Å². The largest absolute Gasteiger partial charge is 0.421 e. The molecule has 1 atom stereocenters. The Labute approximate surface area is 130 Å². The zero-order chi connectivity index (χ0) is 15.5. The van der Waals surface area contributed by atoms with Crippen molar-refractivity contribution in [1.29, 1.82) is 0 Å². The summed E-state index contributed by atoms with van der Waals surface area (Å²) < 4.78 is 5.75. The highest BCUT2D eigenvalue weighted by molar-refractivity contribution is 5.78. The minimum Gasteiger partial charge on any atom is -0.421 e. The minimum atomic E-state index is 0.0619. The number of likely N-dealkylation sites (tertiary alicyclic amines) is 1. The number of carbonyl (C=O) groups excluding carboxylic acids is 1. The number of aromatic nitrogens is 2. The molecule has 5 nitrogen and oxygen atoms in total. The number of rotatable bonds is 4. The van der Waals surface area contributed by atoms with Crippen LogP contribution in [0.2, 0.25) is 0 Å². The number of hydrogen-bond acceptors (Lipinski definition) is 4. The average Bonchev–Trinajstić information content (AvgIpc) is 3.17. The molecule has 1 aliphatic heterocycles. The van der Waals surface area contributed by atoms with Gasteiger partial charge in [0.05, 0.1) is 0 Å². The summed E-state index contributed by atoms with van der Waals surface area (Å²) in [5, 5.41) is 8.25. The lowest BCUT2D eigenvalue weighted by Crippen LogP contribution is -2.32. The third-order valence-corrected chi connectivity index (χ3v) is 4.04. The van der Waals surface area contributed by atoms with Gasteiger partial charge in [-0.1, -0.05) is 32.0 Å². The first-order valence-corrected chi connectivity index (χ1v) is 7.80. The van der Waals surface area contributed by atoms with Crippen molar-refractivity contribution in [2.24, 2.45) is 11.8 Å². The maximum absolute atomic E-state index is 12.0. The van der Waals surface area contributed by atoms with Gasteiger partial charge in [0.1, 0.15) is 0 Å². The van der Waals surface area contributed by atoms with Crippen molar-refractivity contribution in [2.45, 2.75) is 26.7 Å². The van der Waals surface area contributed by atoms with Gasteiger partial charge in [-0.3, -0.25) is 4.79 Å². The summed E-state index contributed by atoms with van der Waals surface area (Å²) in [5.41, 5.74) is 0.935. The van der Waals surface area contributed by atoms with Crippen LogP contribution in [0.5, 0.6) is 0 Å². The molecule has 1 unspecified atom stereocenters. The van der Waals surface area contributed by atoms with Crippen molar-refractivity contribution in [3.63, 3.8) is 0 Å². The normalized spacial score (nSPS) is 18.1. The van der Waals surface area contributed by atoms with Gasteiger partial charge >= 0.3 is 0 Å². The van der Waals surface area contributed by atoms with E-state index in [4.69, 9.17) is 4.42 Å². The van der Waals surface area contributed by atoms with Crippen LogP contribution in [0.1, 0.15) is 26.2 Å². The summed E-state index contributed by atoms with van der Waals surface area (Å²) >= 11 is 0. The van der Waals surface area contributed by atoms with Gasteiger partial charge in [-0.25, -0.2) is 0 Å². The molecule has 0 saturated carbocycles.